The molecule has 100 valence electrons. The van der Waals surface area contributed by atoms with Gasteiger partial charge in [0.1, 0.15) is 0 Å². The lowest BCUT2D eigenvalue weighted by atomic mass is 9.75. The molecule has 2 rings (SSSR count). The zero-order valence-electron chi connectivity index (χ0n) is 11.2. The van der Waals surface area contributed by atoms with Crippen molar-refractivity contribution in [3.8, 4) is 0 Å². The summed E-state index contributed by atoms with van der Waals surface area (Å²) in [6, 6.07) is 7.86. The maximum atomic E-state index is 10.7. The molecule has 0 radical (unpaired) electrons. The van der Waals surface area contributed by atoms with Crippen LogP contribution in [0.15, 0.2) is 24.3 Å². The summed E-state index contributed by atoms with van der Waals surface area (Å²) in [7, 11) is 0. The third-order valence-corrected chi connectivity index (χ3v) is 4.58. The Morgan fingerprint density at radius 3 is 2.56 bits per heavy atom. The highest BCUT2D eigenvalue weighted by Gasteiger charge is 2.33. The van der Waals surface area contributed by atoms with E-state index in [9.17, 15) is 5.11 Å². The molecule has 0 saturated heterocycles. The van der Waals surface area contributed by atoms with Gasteiger partial charge < -0.3 is 5.11 Å². The van der Waals surface area contributed by atoms with E-state index >= 15 is 0 Å². The van der Waals surface area contributed by atoms with E-state index in [-0.39, 0.29) is 0 Å². The van der Waals surface area contributed by atoms with Gasteiger partial charge in [-0.3, -0.25) is 0 Å². The fourth-order valence-electron chi connectivity index (χ4n) is 3.08. The second kappa shape index (κ2) is 6.08. The minimum Gasteiger partial charge on any atom is -0.390 e. The van der Waals surface area contributed by atoms with Crippen LogP contribution in [0, 0.1) is 5.92 Å². The van der Waals surface area contributed by atoms with Crippen molar-refractivity contribution in [2.75, 3.05) is 0 Å². The summed E-state index contributed by atoms with van der Waals surface area (Å²) < 4.78 is 0. The highest BCUT2D eigenvalue weighted by Crippen LogP contribution is 2.37. The zero-order chi connectivity index (χ0) is 13.0. The van der Waals surface area contributed by atoms with Gasteiger partial charge >= 0.3 is 0 Å². The van der Waals surface area contributed by atoms with Crippen molar-refractivity contribution < 1.29 is 5.11 Å². The minimum atomic E-state index is -0.533. The Morgan fingerprint density at radius 2 is 1.94 bits per heavy atom. The average Bonchev–Trinajstić information content (AvgIpc) is 2.36. The van der Waals surface area contributed by atoms with Gasteiger partial charge in [-0.25, -0.2) is 0 Å². The molecule has 1 aliphatic rings. The average molecular weight is 267 g/mol. The van der Waals surface area contributed by atoms with Crippen LogP contribution in [0.3, 0.4) is 0 Å². The van der Waals surface area contributed by atoms with Crippen molar-refractivity contribution in [2.45, 2.75) is 57.5 Å². The normalized spacial score (nSPS) is 28.3. The Kier molecular flexibility index (Phi) is 4.69. The first-order valence-corrected chi connectivity index (χ1v) is 7.46. The highest BCUT2D eigenvalue weighted by atomic mass is 35.5. The lowest BCUT2D eigenvalue weighted by Gasteiger charge is -2.36. The van der Waals surface area contributed by atoms with Crippen molar-refractivity contribution >= 4 is 11.6 Å². The standard InChI is InChI=1S/C16H23ClO/c1-2-5-13-8-10-16(18,11-9-13)12-14-6-3-4-7-15(14)17/h3-4,6-7,13,18H,2,5,8-12H2,1H3. The number of rotatable bonds is 4. The van der Waals surface area contributed by atoms with Gasteiger partial charge in [0.25, 0.3) is 0 Å². The van der Waals surface area contributed by atoms with Crippen LogP contribution in [0.2, 0.25) is 5.02 Å². The Bertz CT molecular complexity index is 380. The summed E-state index contributed by atoms with van der Waals surface area (Å²) in [5.41, 5.74) is 0.547. The van der Waals surface area contributed by atoms with E-state index < -0.39 is 5.60 Å². The summed E-state index contributed by atoms with van der Waals surface area (Å²) in [5, 5.41) is 11.5. The van der Waals surface area contributed by atoms with E-state index in [1.807, 2.05) is 24.3 Å². The van der Waals surface area contributed by atoms with E-state index in [0.29, 0.717) is 6.42 Å². The number of halogens is 1. The van der Waals surface area contributed by atoms with Crippen molar-refractivity contribution in [3.63, 3.8) is 0 Å². The predicted octanol–water partition coefficient (Wildman–Crippen LogP) is 4.60. The van der Waals surface area contributed by atoms with Crippen LogP contribution in [-0.2, 0) is 6.42 Å². The summed E-state index contributed by atoms with van der Waals surface area (Å²) in [4.78, 5) is 0. The quantitative estimate of drug-likeness (QED) is 0.844. The molecule has 18 heavy (non-hydrogen) atoms. The first-order valence-electron chi connectivity index (χ1n) is 7.09. The number of benzene rings is 1. The van der Waals surface area contributed by atoms with Gasteiger partial charge in [-0.2, -0.15) is 0 Å². The number of hydrogen-bond acceptors (Lipinski definition) is 1. The molecule has 1 N–H and O–H groups in total. The van der Waals surface area contributed by atoms with Crippen LogP contribution in [0.5, 0.6) is 0 Å². The Balaban J connectivity index is 1.96. The first kappa shape index (κ1) is 13.9. The topological polar surface area (TPSA) is 20.2 Å². The molecular weight excluding hydrogens is 244 g/mol. The molecule has 0 atom stereocenters. The minimum absolute atomic E-state index is 0.533. The summed E-state index contributed by atoms with van der Waals surface area (Å²) in [6.45, 7) is 2.24. The monoisotopic (exact) mass is 266 g/mol. The molecule has 0 aliphatic heterocycles. The smallest absolute Gasteiger partial charge is 0.0688 e. The molecule has 0 unspecified atom stereocenters. The Labute approximate surface area is 115 Å². The summed E-state index contributed by atoms with van der Waals surface area (Å²) >= 11 is 6.17. The van der Waals surface area contributed by atoms with Gasteiger partial charge in [-0.1, -0.05) is 49.6 Å². The molecule has 1 aromatic carbocycles. The molecule has 0 bridgehead atoms. The second-order valence-corrected chi connectivity index (χ2v) is 6.13. The van der Waals surface area contributed by atoms with E-state index in [2.05, 4.69) is 6.92 Å². The first-order chi connectivity index (χ1) is 8.63. The van der Waals surface area contributed by atoms with E-state index in [4.69, 9.17) is 11.6 Å². The molecule has 1 nitrogen and oxygen atoms in total. The second-order valence-electron chi connectivity index (χ2n) is 5.72. The van der Waals surface area contributed by atoms with Crippen molar-refractivity contribution in [3.05, 3.63) is 34.9 Å². The summed E-state index contributed by atoms with van der Waals surface area (Å²) in [5.74, 6) is 0.821. The number of aliphatic hydroxyl groups is 1. The third kappa shape index (κ3) is 3.49. The van der Waals surface area contributed by atoms with Crippen LogP contribution in [0.25, 0.3) is 0 Å². The lowest BCUT2D eigenvalue weighted by Crippen LogP contribution is -2.36. The predicted molar refractivity (Wildman–Crippen MR) is 77.0 cm³/mol. The molecule has 1 aliphatic carbocycles. The van der Waals surface area contributed by atoms with Crippen molar-refractivity contribution in [1.29, 1.82) is 0 Å². The van der Waals surface area contributed by atoms with Crippen LogP contribution < -0.4 is 0 Å². The molecule has 0 aromatic heterocycles. The molecule has 1 fully saturated rings. The van der Waals surface area contributed by atoms with Crippen LogP contribution in [0.1, 0.15) is 51.0 Å². The molecule has 1 aromatic rings. The van der Waals surface area contributed by atoms with Crippen molar-refractivity contribution in [2.24, 2.45) is 5.92 Å². The number of hydrogen-bond donors (Lipinski definition) is 1. The lowest BCUT2D eigenvalue weighted by molar-refractivity contribution is -0.00985. The van der Waals surface area contributed by atoms with E-state index in [0.717, 1.165) is 42.2 Å². The molecule has 0 heterocycles. The fourth-order valence-corrected chi connectivity index (χ4v) is 3.29. The molecule has 2 heteroatoms. The van der Waals surface area contributed by atoms with Crippen LogP contribution in [-0.4, -0.2) is 10.7 Å². The van der Waals surface area contributed by atoms with E-state index in [1.165, 1.54) is 12.8 Å². The fraction of sp³-hybridized carbons (Fsp3) is 0.625. The van der Waals surface area contributed by atoms with Gasteiger partial charge in [0.15, 0.2) is 0 Å². The van der Waals surface area contributed by atoms with Gasteiger partial charge in [-0.15, -0.1) is 0 Å². The Hall–Kier alpha value is -0.530. The molecule has 0 amide bonds. The van der Waals surface area contributed by atoms with Gasteiger partial charge in [0, 0.05) is 11.4 Å². The van der Waals surface area contributed by atoms with E-state index in [1.54, 1.807) is 0 Å². The van der Waals surface area contributed by atoms with Gasteiger partial charge in [0.05, 0.1) is 5.60 Å². The Morgan fingerprint density at radius 1 is 1.28 bits per heavy atom. The van der Waals surface area contributed by atoms with Crippen molar-refractivity contribution in [1.82, 2.24) is 0 Å². The van der Waals surface area contributed by atoms with Gasteiger partial charge in [0.2, 0.25) is 0 Å². The highest BCUT2D eigenvalue weighted by molar-refractivity contribution is 6.31. The molecule has 0 spiro atoms. The zero-order valence-corrected chi connectivity index (χ0v) is 11.9. The van der Waals surface area contributed by atoms with Crippen LogP contribution in [0.4, 0.5) is 0 Å². The third-order valence-electron chi connectivity index (χ3n) is 4.21. The van der Waals surface area contributed by atoms with Gasteiger partial charge in [-0.05, 0) is 43.2 Å². The van der Waals surface area contributed by atoms with Crippen LogP contribution >= 0.6 is 11.6 Å². The molecule has 1 saturated carbocycles. The maximum Gasteiger partial charge on any atom is 0.0688 e. The SMILES string of the molecule is CCCC1CCC(O)(Cc2ccccc2Cl)CC1. The summed E-state index contributed by atoms with van der Waals surface area (Å²) in [6.07, 6.45) is 7.43. The largest absolute Gasteiger partial charge is 0.390 e. The molecular formula is C16H23ClO. The maximum absolute atomic E-state index is 10.7.